The van der Waals surface area contributed by atoms with E-state index in [4.69, 9.17) is 0 Å². The van der Waals surface area contributed by atoms with Crippen molar-refractivity contribution >= 4 is 11.8 Å². The van der Waals surface area contributed by atoms with Crippen LogP contribution in [-0.2, 0) is 16.8 Å². The van der Waals surface area contributed by atoms with Crippen molar-refractivity contribution in [1.29, 1.82) is 0 Å². The molecule has 1 heterocycles. The monoisotopic (exact) mass is 404 g/mol. The maximum atomic E-state index is 12.5. The quantitative estimate of drug-likeness (QED) is 0.659. The minimum Gasteiger partial charge on any atom is -0.350 e. The molecule has 0 saturated heterocycles. The van der Waals surface area contributed by atoms with Crippen molar-refractivity contribution in [3.8, 4) is 5.69 Å². The molecule has 2 aromatic carbocycles. The van der Waals surface area contributed by atoms with E-state index in [9.17, 15) is 9.59 Å². The van der Waals surface area contributed by atoms with Gasteiger partial charge >= 0.3 is 0 Å². The van der Waals surface area contributed by atoms with Crippen molar-refractivity contribution in [2.75, 3.05) is 0 Å². The van der Waals surface area contributed by atoms with Gasteiger partial charge in [0.25, 0.3) is 5.91 Å². The van der Waals surface area contributed by atoms with Crippen molar-refractivity contribution in [2.24, 2.45) is 0 Å². The molecule has 3 aromatic rings. The Morgan fingerprint density at radius 2 is 1.70 bits per heavy atom. The Morgan fingerprint density at radius 3 is 2.33 bits per heavy atom. The molecule has 2 N–H and O–H groups in total. The van der Waals surface area contributed by atoms with Gasteiger partial charge in [-0.1, -0.05) is 51.1 Å². The van der Waals surface area contributed by atoms with Gasteiger partial charge in [0, 0.05) is 23.9 Å². The first-order valence-electron chi connectivity index (χ1n) is 10.0. The van der Waals surface area contributed by atoms with E-state index in [1.54, 1.807) is 29.9 Å². The Hall–Kier alpha value is -3.41. The molecule has 0 aliphatic heterocycles. The summed E-state index contributed by atoms with van der Waals surface area (Å²) in [4.78, 5) is 24.8. The molecule has 3 rings (SSSR count). The zero-order chi connectivity index (χ0) is 21.7. The summed E-state index contributed by atoms with van der Waals surface area (Å²) >= 11 is 0. The first kappa shape index (κ1) is 21.3. The van der Waals surface area contributed by atoms with Gasteiger partial charge in [-0.05, 0) is 42.2 Å². The average Bonchev–Trinajstić information content (AvgIpc) is 3.21. The third kappa shape index (κ3) is 5.35. The second kappa shape index (κ2) is 8.95. The maximum absolute atomic E-state index is 12.5. The predicted octanol–water partition coefficient (Wildman–Crippen LogP) is 3.60. The number of aromatic nitrogens is 2. The number of carbonyl (C=O) groups excluding carboxylic acids is 2. The number of hydrogen-bond donors (Lipinski definition) is 2. The smallest absolute Gasteiger partial charge is 0.251 e. The molecule has 0 aliphatic rings. The summed E-state index contributed by atoms with van der Waals surface area (Å²) < 4.78 is 1.76. The molecule has 0 saturated carbocycles. The zero-order valence-corrected chi connectivity index (χ0v) is 17.8. The third-order valence-corrected chi connectivity index (χ3v) is 4.88. The van der Waals surface area contributed by atoms with Crippen molar-refractivity contribution in [2.45, 2.75) is 45.7 Å². The molecule has 0 bridgehead atoms. The van der Waals surface area contributed by atoms with Crippen LogP contribution in [0.15, 0.2) is 67.0 Å². The van der Waals surface area contributed by atoms with Crippen LogP contribution in [0.1, 0.15) is 49.2 Å². The summed E-state index contributed by atoms with van der Waals surface area (Å²) in [7, 11) is 0. The van der Waals surface area contributed by atoms with E-state index in [0.29, 0.717) is 12.1 Å². The van der Waals surface area contributed by atoms with Gasteiger partial charge < -0.3 is 10.6 Å². The van der Waals surface area contributed by atoms with Crippen LogP contribution in [0.5, 0.6) is 0 Å². The van der Waals surface area contributed by atoms with Crippen LogP contribution in [0.25, 0.3) is 5.69 Å². The highest BCUT2D eigenvalue weighted by molar-refractivity contribution is 5.97. The highest BCUT2D eigenvalue weighted by atomic mass is 16.2. The fourth-order valence-corrected chi connectivity index (χ4v) is 2.98. The number of nitrogens with zero attached hydrogens (tertiary/aromatic N) is 2. The van der Waals surface area contributed by atoms with E-state index in [2.05, 4.69) is 36.5 Å². The minimum atomic E-state index is -0.649. The summed E-state index contributed by atoms with van der Waals surface area (Å²) in [6, 6.07) is 16.6. The van der Waals surface area contributed by atoms with E-state index < -0.39 is 6.04 Å². The molecule has 0 spiro atoms. The standard InChI is InChI=1S/C24H28N4O2/c1-17(27-23(30)19-10-12-20(13-11-19)24(2,3)4)22(29)25-14-18-15-26-28(16-18)21-8-6-5-7-9-21/h5-13,15-17H,14H2,1-4H3,(H,25,29)(H,27,30). The van der Waals surface area contributed by atoms with E-state index in [-0.39, 0.29) is 17.2 Å². The summed E-state index contributed by atoms with van der Waals surface area (Å²) in [5.41, 5.74) is 3.54. The highest BCUT2D eigenvalue weighted by Crippen LogP contribution is 2.22. The molecule has 156 valence electrons. The van der Waals surface area contributed by atoms with Crippen molar-refractivity contribution in [1.82, 2.24) is 20.4 Å². The van der Waals surface area contributed by atoms with Crippen LogP contribution in [0.4, 0.5) is 0 Å². The lowest BCUT2D eigenvalue weighted by Crippen LogP contribution is -2.44. The van der Waals surface area contributed by atoms with Crippen molar-refractivity contribution < 1.29 is 9.59 Å². The summed E-state index contributed by atoms with van der Waals surface area (Å²) in [5, 5.41) is 9.91. The van der Waals surface area contributed by atoms with Crippen LogP contribution in [0.2, 0.25) is 0 Å². The molecule has 1 aromatic heterocycles. The summed E-state index contributed by atoms with van der Waals surface area (Å²) in [6.45, 7) is 8.38. The first-order chi connectivity index (χ1) is 14.2. The lowest BCUT2D eigenvalue weighted by atomic mass is 9.86. The Bertz CT molecular complexity index is 1000. The molecule has 1 unspecified atom stereocenters. The zero-order valence-electron chi connectivity index (χ0n) is 17.8. The lowest BCUT2D eigenvalue weighted by molar-refractivity contribution is -0.122. The normalized spacial score (nSPS) is 12.3. The second-order valence-corrected chi connectivity index (χ2v) is 8.37. The number of rotatable bonds is 6. The van der Waals surface area contributed by atoms with Gasteiger partial charge in [0.05, 0.1) is 11.9 Å². The molecular weight excluding hydrogens is 376 g/mol. The van der Waals surface area contributed by atoms with Crippen LogP contribution in [0.3, 0.4) is 0 Å². The molecule has 1 atom stereocenters. The summed E-state index contributed by atoms with van der Waals surface area (Å²) in [5.74, 6) is -0.517. The van der Waals surface area contributed by atoms with Gasteiger partial charge in [-0.3, -0.25) is 9.59 Å². The van der Waals surface area contributed by atoms with Crippen LogP contribution in [-0.4, -0.2) is 27.6 Å². The van der Waals surface area contributed by atoms with Crippen molar-refractivity contribution in [3.63, 3.8) is 0 Å². The SMILES string of the molecule is CC(NC(=O)c1ccc(C(C)(C)C)cc1)C(=O)NCc1cnn(-c2ccccc2)c1. The lowest BCUT2D eigenvalue weighted by Gasteiger charge is -2.19. The number of nitrogens with one attached hydrogen (secondary N) is 2. The number of benzene rings is 2. The molecule has 2 amide bonds. The molecule has 0 fully saturated rings. The van der Waals surface area contributed by atoms with Crippen molar-refractivity contribution in [3.05, 3.63) is 83.7 Å². The summed E-state index contributed by atoms with van der Waals surface area (Å²) in [6.07, 6.45) is 3.59. The number of amides is 2. The molecule has 0 radical (unpaired) electrons. The maximum Gasteiger partial charge on any atom is 0.251 e. The number of para-hydroxylation sites is 1. The number of carbonyl (C=O) groups is 2. The van der Waals surface area contributed by atoms with E-state index >= 15 is 0 Å². The molecule has 6 nitrogen and oxygen atoms in total. The third-order valence-electron chi connectivity index (χ3n) is 4.88. The van der Waals surface area contributed by atoms with Gasteiger partial charge in [-0.2, -0.15) is 5.10 Å². The second-order valence-electron chi connectivity index (χ2n) is 8.37. The molecule has 0 aliphatic carbocycles. The Labute approximate surface area is 177 Å². The fourth-order valence-electron chi connectivity index (χ4n) is 2.98. The Kier molecular flexibility index (Phi) is 6.35. The predicted molar refractivity (Wildman–Crippen MR) is 117 cm³/mol. The van der Waals surface area contributed by atoms with Gasteiger partial charge in [0.1, 0.15) is 6.04 Å². The van der Waals surface area contributed by atoms with E-state index in [1.165, 1.54) is 0 Å². The van der Waals surface area contributed by atoms with Crippen LogP contribution in [0, 0.1) is 0 Å². The number of hydrogen-bond acceptors (Lipinski definition) is 3. The highest BCUT2D eigenvalue weighted by Gasteiger charge is 2.18. The van der Waals surface area contributed by atoms with Gasteiger partial charge in [-0.15, -0.1) is 0 Å². The molecule has 6 heteroatoms. The average molecular weight is 405 g/mol. The molecule has 30 heavy (non-hydrogen) atoms. The topological polar surface area (TPSA) is 76.0 Å². The first-order valence-corrected chi connectivity index (χ1v) is 10.0. The molecular formula is C24H28N4O2. The Morgan fingerprint density at radius 1 is 1.03 bits per heavy atom. The van der Waals surface area contributed by atoms with Gasteiger partial charge in [0.15, 0.2) is 0 Å². The largest absolute Gasteiger partial charge is 0.350 e. The van der Waals surface area contributed by atoms with E-state index in [0.717, 1.165) is 16.8 Å². The Balaban J connectivity index is 1.52. The van der Waals surface area contributed by atoms with E-state index in [1.807, 2.05) is 48.7 Å². The fraction of sp³-hybridized carbons (Fsp3) is 0.292. The van der Waals surface area contributed by atoms with Crippen LogP contribution < -0.4 is 10.6 Å². The van der Waals surface area contributed by atoms with Crippen LogP contribution >= 0.6 is 0 Å². The van der Waals surface area contributed by atoms with Gasteiger partial charge in [0.2, 0.25) is 5.91 Å². The minimum absolute atomic E-state index is 0.0243. The van der Waals surface area contributed by atoms with Gasteiger partial charge in [-0.25, -0.2) is 4.68 Å².